The predicted octanol–water partition coefficient (Wildman–Crippen LogP) is 1.17. The van der Waals surface area contributed by atoms with Crippen LogP contribution in [0.5, 0.6) is 0 Å². The van der Waals surface area contributed by atoms with E-state index in [1.807, 2.05) is 0 Å². The Bertz CT molecular complexity index is 590. The third kappa shape index (κ3) is 1.72. The van der Waals surface area contributed by atoms with E-state index in [0.29, 0.717) is 17.6 Å². The van der Waals surface area contributed by atoms with Crippen LogP contribution < -0.4 is 5.32 Å². The summed E-state index contributed by atoms with van der Waals surface area (Å²) in [5, 5.41) is 6.66. The molecule has 0 spiro atoms. The van der Waals surface area contributed by atoms with Crippen LogP contribution in [-0.2, 0) is 11.3 Å². The van der Waals surface area contributed by atoms with Crippen molar-refractivity contribution in [1.82, 2.24) is 20.4 Å². The minimum atomic E-state index is -0.750. The smallest absolute Gasteiger partial charge is 0.325 e. The highest BCUT2D eigenvalue weighted by Gasteiger charge is 2.56. The van der Waals surface area contributed by atoms with Crippen LogP contribution in [-0.4, -0.2) is 32.5 Å². The Morgan fingerprint density at radius 3 is 2.75 bits per heavy atom. The summed E-state index contributed by atoms with van der Waals surface area (Å²) in [5.41, 5.74) is -0.750. The van der Waals surface area contributed by atoms with Crippen molar-refractivity contribution in [2.24, 2.45) is 5.92 Å². The van der Waals surface area contributed by atoms with Crippen LogP contribution in [0.1, 0.15) is 50.2 Å². The van der Waals surface area contributed by atoms with E-state index in [1.54, 1.807) is 6.92 Å². The van der Waals surface area contributed by atoms with E-state index in [4.69, 9.17) is 4.52 Å². The zero-order chi connectivity index (χ0) is 13.9. The molecule has 1 aromatic rings. The molecule has 2 saturated carbocycles. The molecule has 2 aliphatic carbocycles. The highest BCUT2D eigenvalue weighted by Crippen LogP contribution is 2.43. The van der Waals surface area contributed by atoms with Crippen molar-refractivity contribution >= 4 is 11.9 Å². The van der Waals surface area contributed by atoms with Gasteiger partial charge in [-0.15, -0.1) is 0 Å². The van der Waals surface area contributed by atoms with Gasteiger partial charge in [-0.1, -0.05) is 5.16 Å². The monoisotopic (exact) mass is 276 g/mol. The molecule has 7 heteroatoms. The summed E-state index contributed by atoms with van der Waals surface area (Å²) >= 11 is 0. The molecule has 3 amide bonds. The molecule has 106 valence electrons. The van der Waals surface area contributed by atoms with Crippen LogP contribution in [0.25, 0.3) is 0 Å². The first-order valence-electron chi connectivity index (χ1n) is 7.04. The maximum atomic E-state index is 12.4. The summed E-state index contributed by atoms with van der Waals surface area (Å²) in [6.07, 6.45) is 4.13. The van der Waals surface area contributed by atoms with Gasteiger partial charge in [-0.2, -0.15) is 4.98 Å². The Kier molecular flexibility index (Phi) is 2.26. The number of carbonyl (C=O) groups excluding carboxylic acids is 2. The second kappa shape index (κ2) is 3.80. The van der Waals surface area contributed by atoms with Gasteiger partial charge in [0.05, 0.1) is 6.54 Å². The van der Waals surface area contributed by atoms with Crippen LogP contribution in [0, 0.1) is 5.92 Å². The molecule has 0 radical (unpaired) electrons. The number of hydrogen-bond acceptors (Lipinski definition) is 5. The lowest BCUT2D eigenvalue weighted by Crippen LogP contribution is -2.46. The van der Waals surface area contributed by atoms with Gasteiger partial charge in [-0.25, -0.2) is 4.79 Å². The number of nitrogens with one attached hydrogen (secondary N) is 1. The lowest BCUT2D eigenvalue weighted by atomic mass is 9.96. The van der Waals surface area contributed by atoms with Gasteiger partial charge in [-0.05, 0) is 38.5 Å². The maximum Gasteiger partial charge on any atom is 0.325 e. The third-order valence-corrected chi connectivity index (χ3v) is 4.40. The summed E-state index contributed by atoms with van der Waals surface area (Å²) in [5.74, 6) is 1.47. The Hall–Kier alpha value is -1.92. The van der Waals surface area contributed by atoms with Gasteiger partial charge in [0, 0.05) is 5.92 Å². The van der Waals surface area contributed by atoms with E-state index in [-0.39, 0.29) is 24.4 Å². The van der Waals surface area contributed by atoms with Crippen LogP contribution in [0.4, 0.5) is 4.79 Å². The molecule has 3 fully saturated rings. The van der Waals surface area contributed by atoms with Crippen LogP contribution in [0.3, 0.4) is 0 Å². The number of amides is 3. The van der Waals surface area contributed by atoms with Gasteiger partial charge in [-0.3, -0.25) is 9.69 Å². The molecule has 0 bridgehead atoms. The minimum absolute atomic E-state index is 0.0865. The molecule has 1 atom stereocenters. The average Bonchev–Trinajstić information content (AvgIpc) is 3.31. The Morgan fingerprint density at radius 2 is 2.10 bits per heavy atom. The lowest BCUT2D eigenvalue weighted by Gasteiger charge is -2.20. The van der Waals surface area contributed by atoms with E-state index in [0.717, 1.165) is 25.7 Å². The van der Waals surface area contributed by atoms with Gasteiger partial charge in [0.15, 0.2) is 5.82 Å². The fraction of sp³-hybridized carbons (Fsp3) is 0.692. The Morgan fingerprint density at radius 1 is 1.35 bits per heavy atom. The van der Waals surface area contributed by atoms with Crippen LogP contribution >= 0.6 is 0 Å². The fourth-order valence-corrected chi connectivity index (χ4v) is 2.77. The molecule has 1 aliphatic heterocycles. The molecule has 1 N–H and O–H groups in total. The highest BCUT2D eigenvalue weighted by atomic mass is 16.5. The summed E-state index contributed by atoms with van der Waals surface area (Å²) in [7, 11) is 0. The first kappa shape index (κ1) is 11.9. The second-order valence-corrected chi connectivity index (χ2v) is 6.12. The molecule has 7 nitrogen and oxygen atoms in total. The van der Waals surface area contributed by atoms with Crippen LogP contribution in [0.2, 0.25) is 0 Å². The topological polar surface area (TPSA) is 88.3 Å². The Balaban J connectivity index is 1.52. The number of aromatic nitrogens is 2. The van der Waals surface area contributed by atoms with Gasteiger partial charge >= 0.3 is 6.03 Å². The molecular weight excluding hydrogens is 260 g/mol. The third-order valence-electron chi connectivity index (χ3n) is 4.40. The molecule has 20 heavy (non-hydrogen) atoms. The number of nitrogens with zero attached hydrogens (tertiary/aromatic N) is 3. The molecule has 0 unspecified atom stereocenters. The molecule has 3 aliphatic rings. The zero-order valence-corrected chi connectivity index (χ0v) is 11.3. The van der Waals surface area contributed by atoms with Gasteiger partial charge < -0.3 is 9.84 Å². The fourth-order valence-electron chi connectivity index (χ4n) is 2.77. The van der Waals surface area contributed by atoms with Gasteiger partial charge in [0.2, 0.25) is 5.89 Å². The zero-order valence-electron chi connectivity index (χ0n) is 11.3. The molecule has 1 aromatic heterocycles. The normalized spacial score (nSPS) is 29.9. The summed E-state index contributed by atoms with van der Waals surface area (Å²) < 4.78 is 5.15. The van der Waals surface area contributed by atoms with Crippen molar-refractivity contribution < 1.29 is 14.1 Å². The van der Waals surface area contributed by atoms with E-state index in [1.165, 1.54) is 4.90 Å². The van der Waals surface area contributed by atoms with E-state index in [9.17, 15) is 9.59 Å². The highest BCUT2D eigenvalue weighted by molar-refractivity contribution is 6.07. The summed E-state index contributed by atoms with van der Waals surface area (Å²) in [4.78, 5) is 29.9. The SMILES string of the molecule is C[C@]1(C2CC2)NC(=O)N(Cc2noc(C3CC3)n2)C1=O. The van der Waals surface area contributed by atoms with Crippen molar-refractivity contribution in [2.75, 3.05) is 0 Å². The van der Waals surface area contributed by atoms with Crippen molar-refractivity contribution in [3.05, 3.63) is 11.7 Å². The van der Waals surface area contributed by atoms with Crippen molar-refractivity contribution in [3.63, 3.8) is 0 Å². The quantitative estimate of drug-likeness (QED) is 0.834. The largest absolute Gasteiger partial charge is 0.339 e. The molecule has 4 rings (SSSR count). The van der Waals surface area contributed by atoms with E-state index < -0.39 is 5.54 Å². The Labute approximate surface area is 115 Å². The molecule has 2 heterocycles. The first-order chi connectivity index (χ1) is 9.58. The average molecular weight is 276 g/mol. The van der Waals surface area contributed by atoms with E-state index in [2.05, 4.69) is 15.5 Å². The molecule has 1 saturated heterocycles. The lowest BCUT2D eigenvalue weighted by molar-refractivity contribution is -0.131. The van der Waals surface area contributed by atoms with E-state index >= 15 is 0 Å². The van der Waals surface area contributed by atoms with Gasteiger partial charge in [0.1, 0.15) is 5.54 Å². The first-order valence-corrected chi connectivity index (χ1v) is 7.04. The number of carbonyl (C=O) groups is 2. The number of imide groups is 1. The predicted molar refractivity (Wildman–Crippen MR) is 66.5 cm³/mol. The number of rotatable bonds is 4. The van der Waals surface area contributed by atoms with Crippen molar-refractivity contribution in [3.8, 4) is 0 Å². The number of urea groups is 1. The second-order valence-electron chi connectivity index (χ2n) is 6.12. The summed E-state index contributed by atoms with van der Waals surface area (Å²) in [6.45, 7) is 1.89. The van der Waals surface area contributed by atoms with Crippen LogP contribution in [0.15, 0.2) is 4.52 Å². The van der Waals surface area contributed by atoms with Crippen molar-refractivity contribution in [1.29, 1.82) is 0 Å². The molecule has 0 aromatic carbocycles. The number of hydrogen-bond donors (Lipinski definition) is 1. The van der Waals surface area contributed by atoms with Crippen molar-refractivity contribution in [2.45, 2.75) is 50.6 Å². The molecular formula is C13H16N4O3. The minimum Gasteiger partial charge on any atom is -0.339 e. The summed E-state index contributed by atoms with van der Waals surface area (Å²) in [6, 6.07) is -0.359. The standard InChI is InChI=1S/C13H16N4O3/c1-13(8-4-5-8)11(18)17(12(19)15-13)6-9-14-10(20-16-9)7-2-3-7/h7-8H,2-6H2,1H3,(H,15,19)/t13-/m1/s1. The maximum absolute atomic E-state index is 12.4. The van der Waals surface area contributed by atoms with Gasteiger partial charge in [0.25, 0.3) is 5.91 Å².